The van der Waals surface area contributed by atoms with E-state index in [1.54, 1.807) is 6.07 Å². The highest BCUT2D eigenvalue weighted by Crippen LogP contribution is 2.32. The van der Waals surface area contributed by atoms with Crippen molar-refractivity contribution in [2.75, 3.05) is 18.0 Å². The maximum Gasteiger partial charge on any atom is 0.150 e. The molecule has 18 heavy (non-hydrogen) atoms. The van der Waals surface area contributed by atoms with Gasteiger partial charge in [0.1, 0.15) is 12.1 Å². The standard InChI is InChI=1S/C15H20FNO/c1-15(2)4-3-6-17(7-5-15)14-9-12(11-18)8-13(16)10-14/h8-11H,3-7H2,1-2H3. The number of hydrogen-bond donors (Lipinski definition) is 0. The van der Waals surface area contributed by atoms with Crippen LogP contribution in [0.1, 0.15) is 43.5 Å². The second-order valence-corrected chi connectivity index (χ2v) is 5.87. The van der Waals surface area contributed by atoms with E-state index in [1.165, 1.54) is 18.6 Å². The van der Waals surface area contributed by atoms with Gasteiger partial charge < -0.3 is 4.90 Å². The minimum atomic E-state index is -0.335. The van der Waals surface area contributed by atoms with Crippen molar-refractivity contribution in [2.24, 2.45) is 5.41 Å². The summed E-state index contributed by atoms with van der Waals surface area (Å²) >= 11 is 0. The van der Waals surface area contributed by atoms with Crippen molar-refractivity contribution < 1.29 is 9.18 Å². The molecule has 0 spiro atoms. The highest BCUT2D eigenvalue weighted by Gasteiger charge is 2.23. The summed E-state index contributed by atoms with van der Waals surface area (Å²) in [6.07, 6.45) is 4.10. The molecule has 2 nitrogen and oxygen atoms in total. The lowest BCUT2D eigenvalue weighted by Gasteiger charge is -2.25. The van der Waals surface area contributed by atoms with Gasteiger partial charge in [0.25, 0.3) is 0 Å². The predicted octanol–water partition coefficient (Wildman–Crippen LogP) is 3.65. The first-order valence-corrected chi connectivity index (χ1v) is 6.51. The lowest BCUT2D eigenvalue weighted by Crippen LogP contribution is -2.25. The Bertz CT molecular complexity index is 442. The molecule has 2 rings (SSSR count). The molecule has 1 heterocycles. The molecule has 1 fully saturated rings. The quantitative estimate of drug-likeness (QED) is 0.746. The molecule has 0 aliphatic carbocycles. The third-order valence-electron chi connectivity index (χ3n) is 3.75. The van der Waals surface area contributed by atoms with Crippen LogP contribution in [0.15, 0.2) is 18.2 Å². The van der Waals surface area contributed by atoms with Gasteiger partial charge in [0.05, 0.1) is 0 Å². The molecule has 3 heteroatoms. The van der Waals surface area contributed by atoms with Crippen LogP contribution in [-0.4, -0.2) is 19.4 Å². The third kappa shape index (κ3) is 3.09. The van der Waals surface area contributed by atoms with E-state index >= 15 is 0 Å². The summed E-state index contributed by atoms with van der Waals surface area (Å²) in [5.74, 6) is -0.335. The number of aldehydes is 1. The molecular formula is C15H20FNO. The van der Waals surface area contributed by atoms with Crippen molar-refractivity contribution in [3.63, 3.8) is 0 Å². The number of benzene rings is 1. The number of carbonyl (C=O) groups is 1. The molecular weight excluding hydrogens is 229 g/mol. The summed E-state index contributed by atoms with van der Waals surface area (Å²) < 4.78 is 13.4. The molecule has 1 aromatic carbocycles. The Hall–Kier alpha value is -1.38. The van der Waals surface area contributed by atoms with Gasteiger partial charge in [-0.15, -0.1) is 0 Å². The smallest absolute Gasteiger partial charge is 0.150 e. The van der Waals surface area contributed by atoms with Crippen LogP contribution < -0.4 is 4.90 Å². The van der Waals surface area contributed by atoms with Crippen LogP contribution in [0.3, 0.4) is 0 Å². The molecule has 0 unspecified atom stereocenters. The molecule has 0 bridgehead atoms. The molecule has 0 radical (unpaired) electrons. The number of rotatable bonds is 2. The summed E-state index contributed by atoms with van der Waals surface area (Å²) in [4.78, 5) is 13.0. The monoisotopic (exact) mass is 249 g/mol. The number of halogens is 1. The van der Waals surface area contributed by atoms with Crippen LogP contribution >= 0.6 is 0 Å². The lowest BCUT2D eigenvalue weighted by atomic mass is 9.85. The maximum atomic E-state index is 13.4. The minimum Gasteiger partial charge on any atom is -0.371 e. The Balaban J connectivity index is 2.20. The van der Waals surface area contributed by atoms with Crippen molar-refractivity contribution in [3.05, 3.63) is 29.6 Å². The fourth-order valence-electron chi connectivity index (χ4n) is 2.53. The molecule has 1 saturated heterocycles. The summed E-state index contributed by atoms with van der Waals surface area (Å²) in [5.41, 5.74) is 1.60. The van der Waals surface area contributed by atoms with E-state index in [9.17, 15) is 9.18 Å². The largest absolute Gasteiger partial charge is 0.371 e. The van der Waals surface area contributed by atoms with E-state index < -0.39 is 0 Å². The summed E-state index contributed by atoms with van der Waals surface area (Å²) in [5, 5.41) is 0. The number of carbonyl (C=O) groups excluding carboxylic acids is 1. The topological polar surface area (TPSA) is 20.3 Å². The molecule has 1 aliphatic rings. The highest BCUT2D eigenvalue weighted by atomic mass is 19.1. The molecule has 1 aromatic rings. The van der Waals surface area contributed by atoms with E-state index in [1.807, 2.05) is 0 Å². The van der Waals surface area contributed by atoms with Crippen molar-refractivity contribution in [2.45, 2.75) is 33.1 Å². The van der Waals surface area contributed by atoms with Gasteiger partial charge in [-0.3, -0.25) is 4.79 Å². The zero-order chi connectivity index (χ0) is 13.2. The molecule has 0 atom stereocenters. The molecule has 0 amide bonds. The van der Waals surface area contributed by atoms with E-state index in [2.05, 4.69) is 18.7 Å². The highest BCUT2D eigenvalue weighted by molar-refractivity contribution is 5.77. The fraction of sp³-hybridized carbons (Fsp3) is 0.533. The SMILES string of the molecule is CC1(C)CCCN(c2cc(F)cc(C=O)c2)CC1. The fourth-order valence-corrected chi connectivity index (χ4v) is 2.53. The van der Waals surface area contributed by atoms with Crippen LogP contribution in [0.25, 0.3) is 0 Å². The van der Waals surface area contributed by atoms with Gasteiger partial charge in [-0.05, 0) is 42.9 Å². The van der Waals surface area contributed by atoms with Crippen LogP contribution in [0.5, 0.6) is 0 Å². The van der Waals surface area contributed by atoms with E-state index in [4.69, 9.17) is 0 Å². The average Bonchev–Trinajstić information content (AvgIpc) is 2.49. The van der Waals surface area contributed by atoms with Gasteiger partial charge in [-0.1, -0.05) is 13.8 Å². The zero-order valence-corrected chi connectivity index (χ0v) is 11.1. The zero-order valence-electron chi connectivity index (χ0n) is 11.1. The van der Waals surface area contributed by atoms with Crippen molar-refractivity contribution in [1.29, 1.82) is 0 Å². The first-order valence-electron chi connectivity index (χ1n) is 6.51. The van der Waals surface area contributed by atoms with Gasteiger partial charge in [0.2, 0.25) is 0 Å². The Kier molecular flexibility index (Phi) is 3.69. The Morgan fingerprint density at radius 2 is 2.00 bits per heavy atom. The predicted molar refractivity (Wildman–Crippen MR) is 71.6 cm³/mol. The number of hydrogen-bond acceptors (Lipinski definition) is 2. The molecule has 1 aliphatic heterocycles. The second-order valence-electron chi connectivity index (χ2n) is 5.87. The van der Waals surface area contributed by atoms with E-state index in [-0.39, 0.29) is 5.82 Å². The van der Waals surface area contributed by atoms with Crippen molar-refractivity contribution >= 4 is 12.0 Å². The van der Waals surface area contributed by atoms with Crippen LogP contribution in [0, 0.1) is 11.2 Å². The van der Waals surface area contributed by atoms with Crippen molar-refractivity contribution in [1.82, 2.24) is 0 Å². The average molecular weight is 249 g/mol. The Morgan fingerprint density at radius 1 is 1.22 bits per heavy atom. The van der Waals surface area contributed by atoms with Gasteiger partial charge in [-0.25, -0.2) is 4.39 Å². The number of anilines is 1. The lowest BCUT2D eigenvalue weighted by molar-refractivity contribution is 0.112. The van der Waals surface area contributed by atoms with Gasteiger partial charge in [0.15, 0.2) is 0 Å². The van der Waals surface area contributed by atoms with Gasteiger partial charge in [0, 0.05) is 24.3 Å². The normalized spacial score (nSPS) is 19.4. The molecule has 0 saturated carbocycles. The first kappa shape index (κ1) is 13.1. The summed E-state index contributed by atoms with van der Waals surface area (Å²) in [7, 11) is 0. The molecule has 98 valence electrons. The first-order chi connectivity index (χ1) is 8.50. The Morgan fingerprint density at radius 3 is 2.72 bits per heavy atom. The Labute approximate surface area is 108 Å². The minimum absolute atomic E-state index is 0.335. The van der Waals surface area contributed by atoms with Crippen LogP contribution in [0.2, 0.25) is 0 Å². The molecule has 0 aromatic heterocycles. The van der Waals surface area contributed by atoms with E-state index in [0.717, 1.165) is 31.6 Å². The summed E-state index contributed by atoms with van der Waals surface area (Å²) in [6, 6.07) is 4.57. The number of nitrogens with zero attached hydrogens (tertiary/aromatic N) is 1. The third-order valence-corrected chi connectivity index (χ3v) is 3.75. The van der Waals surface area contributed by atoms with Crippen LogP contribution in [0.4, 0.5) is 10.1 Å². The van der Waals surface area contributed by atoms with Crippen molar-refractivity contribution in [3.8, 4) is 0 Å². The maximum absolute atomic E-state index is 13.4. The summed E-state index contributed by atoms with van der Waals surface area (Å²) in [6.45, 7) is 6.41. The van der Waals surface area contributed by atoms with Gasteiger partial charge >= 0.3 is 0 Å². The van der Waals surface area contributed by atoms with Gasteiger partial charge in [-0.2, -0.15) is 0 Å². The molecule has 0 N–H and O–H groups in total. The van der Waals surface area contributed by atoms with Crippen LogP contribution in [-0.2, 0) is 0 Å². The second kappa shape index (κ2) is 5.09. The van der Waals surface area contributed by atoms with E-state index in [0.29, 0.717) is 17.3 Å².